The summed E-state index contributed by atoms with van der Waals surface area (Å²) in [4.78, 5) is 26.8. The summed E-state index contributed by atoms with van der Waals surface area (Å²) in [6.45, 7) is 4.08. The molecule has 25 heavy (non-hydrogen) atoms. The van der Waals surface area contributed by atoms with E-state index < -0.39 is 5.03 Å². The maximum Gasteiger partial charge on any atom is 0.281 e. The van der Waals surface area contributed by atoms with E-state index in [2.05, 4.69) is 5.10 Å². The van der Waals surface area contributed by atoms with E-state index >= 15 is 0 Å². The minimum atomic E-state index is -0.760. The Balaban J connectivity index is 1.78. The first-order valence-corrected chi connectivity index (χ1v) is 8.49. The molecule has 0 aliphatic carbocycles. The summed E-state index contributed by atoms with van der Waals surface area (Å²) < 4.78 is 5.55. The van der Waals surface area contributed by atoms with E-state index in [9.17, 15) is 14.9 Å². The van der Waals surface area contributed by atoms with Crippen LogP contribution in [0.2, 0.25) is 5.02 Å². The van der Waals surface area contributed by atoms with Crippen LogP contribution in [0.25, 0.3) is 0 Å². The smallest absolute Gasteiger partial charge is 0.281 e. The highest BCUT2D eigenvalue weighted by Gasteiger charge is 2.36. The van der Waals surface area contributed by atoms with Gasteiger partial charge in [0.05, 0.1) is 12.7 Å². The molecule has 2 fully saturated rings. The van der Waals surface area contributed by atoms with Gasteiger partial charge in [-0.15, -0.1) is 0 Å². The van der Waals surface area contributed by atoms with Crippen molar-refractivity contribution in [2.45, 2.75) is 19.4 Å². The zero-order valence-electron chi connectivity index (χ0n) is 13.8. The van der Waals surface area contributed by atoms with Gasteiger partial charge in [-0.3, -0.25) is 9.69 Å². The van der Waals surface area contributed by atoms with Crippen LogP contribution in [0.1, 0.15) is 23.7 Å². The second-order valence-electron chi connectivity index (χ2n) is 6.29. The van der Waals surface area contributed by atoms with Crippen molar-refractivity contribution in [1.29, 1.82) is 0 Å². The largest absolute Gasteiger partial charge is 0.378 e. The van der Waals surface area contributed by atoms with Crippen LogP contribution < -0.4 is 0 Å². The van der Waals surface area contributed by atoms with Gasteiger partial charge < -0.3 is 9.64 Å². The van der Waals surface area contributed by atoms with E-state index in [0.29, 0.717) is 36.8 Å². The number of benzene rings is 1. The Hall–Kier alpha value is -2.19. The average Bonchev–Trinajstić information content (AvgIpc) is 3.14. The van der Waals surface area contributed by atoms with Crippen LogP contribution in [0.15, 0.2) is 29.4 Å². The lowest BCUT2D eigenvalue weighted by molar-refractivity contribution is -0.486. The lowest BCUT2D eigenvalue weighted by Gasteiger charge is -2.22. The first-order chi connectivity index (χ1) is 11.9. The predicted octanol–water partition coefficient (Wildman–Crippen LogP) is 2.07. The fourth-order valence-electron chi connectivity index (χ4n) is 3.24. The number of guanidine groups is 1. The fourth-order valence-corrected chi connectivity index (χ4v) is 3.37. The third-order valence-corrected chi connectivity index (χ3v) is 4.64. The van der Waals surface area contributed by atoms with Crippen molar-refractivity contribution >= 4 is 23.5 Å². The molecule has 0 radical (unpaired) electrons. The summed E-state index contributed by atoms with van der Waals surface area (Å²) in [5, 5.41) is 14.2. The number of nitrogens with zero attached hydrogens (tertiary/aromatic N) is 4. The number of halogens is 1. The molecule has 2 saturated heterocycles. The molecule has 2 aliphatic heterocycles. The molecule has 8 nitrogen and oxygen atoms in total. The molecule has 0 N–H and O–H groups in total. The maximum atomic E-state index is 12.7. The molecule has 3 rings (SSSR count). The normalized spacial score (nSPS) is 25.0. The number of amides is 1. The van der Waals surface area contributed by atoms with Gasteiger partial charge in [-0.2, -0.15) is 0 Å². The number of ether oxygens (including phenoxy) is 1. The van der Waals surface area contributed by atoms with Gasteiger partial charge in [0.1, 0.15) is 5.10 Å². The molecule has 0 spiro atoms. The lowest BCUT2D eigenvalue weighted by atomic mass is 10.1. The molecule has 134 valence electrons. The Morgan fingerprint density at radius 1 is 1.40 bits per heavy atom. The number of hydrogen-bond donors (Lipinski definition) is 0. The Kier molecular flexibility index (Phi) is 5.19. The third kappa shape index (κ3) is 4.08. The van der Waals surface area contributed by atoms with Gasteiger partial charge in [-0.05, 0) is 37.6 Å². The second-order valence-corrected chi connectivity index (χ2v) is 6.73. The molecule has 1 aromatic carbocycles. The Bertz CT molecular complexity index is 694. The average molecular weight is 367 g/mol. The fraction of sp³-hybridized carbons (Fsp3) is 0.500. The van der Waals surface area contributed by atoms with E-state index in [1.165, 1.54) is 4.90 Å². The molecular formula is C16H19ClN4O4. The zero-order valence-corrected chi connectivity index (χ0v) is 14.6. The predicted molar refractivity (Wildman–Crippen MR) is 92.0 cm³/mol. The first kappa shape index (κ1) is 17.6. The van der Waals surface area contributed by atoms with E-state index in [4.69, 9.17) is 16.3 Å². The Labute approximate surface area is 150 Å². The van der Waals surface area contributed by atoms with Crippen LogP contribution in [-0.2, 0) is 4.74 Å². The topological polar surface area (TPSA) is 88.3 Å². The van der Waals surface area contributed by atoms with Crippen LogP contribution in [0.4, 0.5) is 0 Å². The Morgan fingerprint density at radius 3 is 2.72 bits per heavy atom. The van der Waals surface area contributed by atoms with E-state index in [1.807, 2.05) is 6.92 Å². The van der Waals surface area contributed by atoms with Crippen molar-refractivity contribution in [3.8, 4) is 0 Å². The molecule has 2 atom stereocenters. The highest BCUT2D eigenvalue weighted by atomic mass is 35.5. The Morgan fingerprint density at radius 2 is 2.12 bits per heavy atom. The van der Waals surface area contributed by atoms with Gasteiger partial charge in [-0.25, -0.2) is 10.1 Å². The first-order valence-electron chi connectivity index (χ1n) is 8.11. The molecule has 2 aliphatic rings. The van der Waals surface area contributed by atoms with Crippen molar-refractivity contribution in [2.24, 2.45) is 11.0 Å². The number of nitro groups is 1. The second kappa shape index (κ2) is 7.37. The number of hydrazone groups is 1. The summed E-state index contributed by atoms with van der Waals surface area (Å²) in [6.07, 6.45) is 1.09. The monoisotopic (exact) mass is 366 g/mol. The SMILES string of the molecule is CC1CC(CN2CCN(C(=O)c3ccc(Cl)cc3)C2=N[N+](=O)[O-])CO1. The van der Waals surface area contributed by atoms with Crippen molar-refractivity contribution in [1.82, 2.24) is 9.80 Å². The summed E-state index contributed by atoms with van der Waals surface area (Å²) in [5.41, 5.74) is 0.417. The number of carbonyl (C=O) groups is 1. The molecule has 2 heterocycles. The molecule has 0 saturated carbocycles. The van der Waals surface area contributed by atoms with Crippen molar-refractivity contribution in [3.63, 3.8) is 0 Å². The molecule has 9 heteroatoms. The van der Waals surface area contributed by atoms with Crippen molar-refractivity contribution in [2.75, 3.05) is 26.2 Å². The molecule has 0 bridgehead atoms. The lowest BCUT2D eigenvalue weighted by Crippen LogP contribution is -2.40. The van der Waals surface area contributed by atoms with Crippen LogP contribution in [0.5, 0.6) is 0 Å². The van der Waals surface area contributed by atoms with Crippen molar-refractivity contribution in [3.05, 3.63) is 45.0 Å². The third-order valence-electron chi connectivity index (χ3n) is 4.39. The van der Waals surface area contributed by atoms with Crippen LogP contribution in [0, 0.1) is 16.0 Å². The van der Waals surface area contributed by atoms with Crippen LogP contribution >= 0.6 is 11.6 Å². The molecular weight excluding hydrogens is 348 g/mol. The van der Waals surface area contributed by atoms with Crippen LogP contribution in [-0.4, -0.2) is 59.0 Å². The quantitative estimate of drug-likeness (QED) is 0.601. The van der Waals surface area contributed by atoms with Gasteiger partial charge in [0.2, 0.25) is 0 Å². The number of carbonyl (C=O) groups excluding carboxylic acids is 1. The summed E-state index contributed by atoms with van der Waals surface area (Å²) in [6, 6.07) is 6.43. The molecule has 0 aromatic heterocycles. The van der Waals surface area contributed by atoms with Crippen LogP contribution in [0.3, 0.4) is 0 Å². The number of hydrogen-bond acceptors (Lipinski definition) is 4. The van der Waals surface area contributed by atoms with E-state index in [0.717, 1.165) is 6.42 Å². The highest BCUT2D eigenvalue weighted by Crippen LogP contribution is 2.23. The molecule has 1 aromatic rings. The van der Waals surface area contributed by atoms with Gasteiger partial charge in [0, 0.05) is 36.1 Å². The maximum absolute atomic E-state index is 12.7. The minimum Gasteiger partial charge on any atom is -0.378 e. The van der Waals surface area contributed by atoms with Crippen molar-refractivity contribution < 1.29 is 14.6 Å². The summed E-state index contributed by atoms with van der Waals surface area (Å²) >= 11 is 5.85. The molecule has 2 unspecified atom stereocenters. The van der Waals surface area contributed by atoms with Gasteiger partial charge in [0.15, 0.2) is 5.03 Å². The summed E-state index contributed by atoms with van der Waals surface area (Å²) in [5.74, 6) is 0.0397. The van der Waals surface area contributed by atoms with Gasteiger partial charge in [-0.1, -0.05) is 11.6 Å². The standard InChI is InChI=1S/C16H19ClN4O4/c1-11-8-12(10-25-11)9-19-6-7-20(16(19)18-21(23)24)15(22)13-2-4-14(17)5-3-13/h2-5,11-12H,6-10H2,1H3. The zero-order chi connectivity index (χ0) is 18.0. The van der Waals surface area contributed by atoms with E-state index in [-0.39, 0.29) is 23.9 Å². The molecule has 1 amide bonds. The highest BCUT2D eigenvalue weighted by molar-refractivity contribution is 6.30. The number of rotatable bonds is 4. The summed E-state index contributed by atoms with van der Waals surface area (Å²) in [7, 11) is 0. The van der Waals surface area contributed by atoms with Gasteiger partial charge in [0.25, 0.3) is 11.9 Å². The van der Waals surface area contributed by atoms with E-state index in [1.54, 1.807) is 29.2 Å². The van der Waals surface area contributed by atoms with Gasteiger partial charge >= 0.3 is 0 Å². The minimum absolute atomic E-state index is 0.0875.